The Morgan fingerprint density at radius 1 is 0.821 bits per heavy atom. The van der Waals surface area contributed by atoms with Crippen molar-refractivity contribution in [3.63, 3.8) is 0 Å². The first-order valence-electron chi connectivity index (χ1n) is 13.6. The SMILES string of the molecule is O=S(CCCCCOc1ccc(C2=C(c3ccccc3)CCCc3cc(O)ccc32)cc1)CCCC(F)(F)F. The molecule has 1 aliphatic rings. The number of aryl methyl sites for hydroxylation is 1. The summed E-state index contributed by atoms with van der Waals surface area (Å²) >= 11 is 0. The lowest BCUT2D eigenvalue weighted by Gasteiger charge is -2.17. The molecule has 208 valence electrons. The number of hydrogen-bond donors (Lipinski definition) is 1. The third-order valence-corrected chi connectivity index (χ3v) is 8.40. The van der Waals surface area contributed by atoms with Crippen LogP contribution in [0.2, 0.25) is 0 Å². The van der Waals surface area contributed by atoms with Gasteiger partial charge in [-0.3, -0.25) is 4.21 Å². The molecule has 7 heteroatoms. The number of halogens is 3. The van der Waals surface area contributed by atoms with Gasteiger partial charge in [0.25, 0.3) is 0 Å². The molecular weight excluding hydrogens is 521 g/mol. The van der Waals surface area contributed by atoms with Crippen molar-refractivity contribution in [1.82, 2.24) is 0 Å². The van der Waals surface area contributed by atoms with E-state index < -0.39 is 23.4 Å². The molecule has 0 amide bonds. The van der Waals surface area contributed by atoms with Crippen LogP contribution in [-0.2, 0) is 17.2 Å². The van der Waals surface area contributed by atoms with Crippen molar-refractivity contribution in [2.75, 3.05) is 18.1 Å². The molecule has 0 saturated heterocycles. The number of allylic oxidation sites excluding steroid dienone is 1. The number of phenolic OH excluding ortho intramolecular Hbond substituents is 1. The van der Waals surface area contributed by atoms with E-state index in [2.05, 4.69) is 36.4 Å². The quantitative estimate of drug-likeness (QED) is 0.228. The number of aromatic hydroxyl groups is 1. The zero-order chi connectivity index (χ0) is 27.7. The molecule has 0 radical (unpaired) electrons. The summed E-state index contributed by atoms with van der Waals surface area (Å²) < 4.78 is 54.4. The normalized spacial score (nSPS) is 14.5. The van der Waals surface area contributed by atoms with Crippen molar-refractivity contribution in [3.05, 3.63) is 95.1 Å². The van der Waals surface area contributed by atoms with Gasteiger partial charge in [0.05, 0.1) is 6.61 Å². The van der Waals surface area contributed by atoms with Crippen LogP contribution < -0.4 is 4.74 Å². The topological polar surface area (TPSA) is 46.5 Å². The van der Waals surface area contributed by atoms with Gasteiger partial charge < -0.3 is 9.84 Å². The highest BCUT2D eigenvalue weighted by molar-refractivity contribution is 7.84. The first kappa shape index (κ1) is 28.9. The van der Waals surface area contributed by atoms with Gasteiger partial charge in [0.1, 0.15) is 11.5 Å². The van der Waals surface area contributed by atoms with Crippen LogP contribution in [0.5, 0.6) is 11.5 Å². The van der Waals surface area contributed by atoms with E-state index in [1.807, 2.05) is 30.3 Å². The highest BCUT2D eigenvalue weighted by Crippen LogP contribution is 2.41. The Labute approximate surface area is 231 Å². The number of alkyl halides is 3. The number of rotatable bonds is 12. The number of fused-ring (bicyclic) bond motifs is 1. The summed E-state index contributed by atoms with van der Waals surface area (Å²) in [7, 11) is -1.20. The van der Waals surface area contributed by atoms with Gasteiger partial charge in [0, 0.05) is 28.7 Å². The fourth-order valence-electron chi connectivity index (χ4n) is 5.02. The second-order valence-corrected chi connectivity index (χ2v) is 11.6. The molecule has 1 aliphatic carbocycles. The Bertz CT molecular complexity index is 1270. The highest BCUT2D eigenvalue weighted by atomic mass is 32.2. The van der Waals surface area contributed by atoms with Gasteiger partial charge >= 0.3 is 6.18 Å². The Hall–Kier alpha value is -3.06. The second kappa shape index (κ2) is 13.8. The second-order valence-electron chi connectivity index (χ2n) is 9.91. The Morgan fingerprint density at radius 3 is 2.31 bits per heavy atom. The summed E-state index contributed by atoms with van der Waals surface area (Å²) in [5.74, 6) is 1.60. The van der Waals surface area contributed by atoms with E-state index in [0.29, 0.717) is 18.8 Å². The van der Waals surface area contributed by atoms with Gasteiger partial charge in [-0.05, 0) is 103 Å². The minimum Gasteiger partial charge on any atom is -0.508 e. The maximum Gasteiger partial charge on any atom is 0.389 e. The van der Waals surface area contributed by atoms with Crippen LogP contribution >= 0.6 is 0 Å². The minimum atomic E-state index is -4.18. The van der Waals surface area contributed by atoms with Gasteiger partial charge in [-0.1, -0.05) is 48.5 Å². The van der Waals surface area contributed by atoms with E-state index >= 15 is 0 Å². The van der Waals surface area contributed by atoms with Crippen LogP contribution in [0, 0.1) is 0 Å². The zero-order valence-electron chi connectivity index (χ0n) is 22.0. The van der Waals surface area contributed by atoms with Gasteiger partial charge in [-0.15, -0.1) is 0 Å². The van der Waals surface area contributed by atoms with Crippen molar-refractivity contribution in [2.45, 2.75) is 57.5 Å². The predicted octanol–water partition coefficient (Wildman–Crippen LogP) is 8.33. The standard InChI is InChI=1S/C32H35F3O3S/c33-32(34,35)19-8-22-39(37)21-6-2-5-20-38-28-16-13-25(14-17-28)31-29(24-9-3-1-4-10-24)12-7-11-26-23-27(36)15-18-30(26)31/h1,3-4,9-10,13-18,23,36H,2,5-8,11-12,19-22H2. The van der Waals surface area contributed by atoms with Crippen LogP contribution in [0.15, 0.2) is 72.8 Å². The molecule has 3 aromatic carbocycles. The van der Waals surface area contributed by atoms with E-state index in [4.69, 9.17) is 4.74 Å². The van der Waals surface area contributed by atoms with Crippen LogP contribution in [0.4, 0.5) is 13.2 Å². The summed E-state index contributed by atoms with van der Waals surface area (Å²) in [5, 5.41) is 10.1. The molecule has 0 fully saturated rings. The molecule has 4 rings (SSSR count). The van der Waals surface area contributed by atoms with Crippen molar-refractivity contribution in [1.29, 1.82) is 0 Å². The summed E-state index contributed by atoms with van der Waals surface area (Å²) in [4.78, 5) is 0. The van der Waals surface area contributed by atoms with Crippen molar-refractivity contribution >= 4 is 21.9 Å². The van der Waals surface area contributed by atoms with Gasteiger partial charge in [-0.2, -0.15) is 13.2 Å². The Balaban J connectivity index is 1.36. The molecule has 39 heavy (non-hydrogen) atoms. The number of ether oxygens (including phenoxy) is 1. The van der Waals surface area contributed by atoms with E-state index in [-0.39, 0.29) is 17.9 Å². The fourth-order valence-corrected chi connectivity index (χ4v) is 6.21. The van der Waals surface area contributed by atoms with Crippen LogP contribution in [0.1, 0.15) is 67.2 Å². The third kappa shape index (κ3) is 8.72. The van der Waals surface area contributed by atoms with Crippen LogP contribution in [0.3, 0.4) is 0 Å². The van der Waals surface area contributed by atoms with Gasteiger partial charge in [0.2, 0.25) is 0 Å². The molecule has 1 atom stereocenters. The zero-order valence-corrected chi connectivity index (χ0v) is 22.8. The number of hydrogen-bond acceptors (Lipinski definition) is 3. The van der Waals surface area contributed by atoms with Crippen molar-refractivity contribution in [2.24, 2.45) is 0 Å². The molecule has 0 bridgehead atoms. The lowest BCUT2D eigenvalue weighted by Crippen LogP contribution is -2.10. The fraction of sp³-hybridized carbons (Fsp3) is 0.375. The molecule has 3 aromatic rings. The van der Waals surface area contributed by atoms with Crippen molar-refractivity contribution in [3.8, 4) is 11.5 Å². The maximum atomic E-state index is 12.2. The lowest BCUT2D eigenvalue weighted by atomic mass is 9.88. The first-order chi connectivity index (χ1) is 18.8. The average Bonchev–Trinajstić information content (AvgIpc) is 3.10. The molecule has 0 spiro atoms. The summed E-state index contributed by atoms with van der Waals surface area (Å²) in [6, 6.07) is 24.2. The van der Waals surface area contributed by atoms with Crippen LogP contribution in [-0.4, -0.2) is 33.6 Å². The van der Waals surface area contributed by atoms with Crippen molar-refractivity contribution < 1.29 is 27.2 Å². The molecule has 3 nitrogen and oxygen atoms in total. The van der Waals surface area contributed by atoms with Gasteiger partial charge in [0.15, 0.2) is 0 Å². The average molecular weight is 557 g/mol. The summed E-state index contributed by atoms with van der Waals surface area (Å²) in [6.07, 6.45) is 0.0665. The number of phenols is 1. The van der Waals surface area contributed by atoms with E-state index in [1.165, 1.54) is 16.7 Å². The molecule has 1 unspecified atom stereocenters. The summed E-state index contributed by atoms with van der Waals surface area (Å²) in [5.41, 5.74) is 7.08. The molecule has 0 saturated carbocycles. The number of unbranched alkanes of at least 4 members (excludes halogenated alkanes) is 2. The largest absolute Gasteiger partial charge is 0.508 e. The maximum absolute atomic E-state index is 12.2. The molecule has 0 heterocycles. The minimum absolute atomic E-state index is 0.0764. The smallest absolute Gasteiger partial charge is 0.389 e. The van der Waals surface area contributed by atoms with Crippen LogP contribution in [0.25, 0.3) is 11.1 Å². The molecule has 1 N–H and O–H groups in total. The predicted molar refractivity (Wildman–Crippen MR) is 152 cm³/mol. The first-order valence-corrected chi connectivity index (χ1v) is 15.0. The lowest BCUT2D eigenvalue weighted by molar-refractivity contribution is -0.134. The van der Waals surface area contributed by atoms with E-state index in [9.17, 15) is 22.5 Å². The third-order valence-electron chi connectivity index (χ3n) is 6.92. The number of benzene rings is 3. The molecule has 0 aliphatic heterocycles. The highest BCUT2D eigenvalue weighted by Gasteiger charge is 2.26. The summed E-state index contributed by atoms with van der Waals surface area (Å²) in [6.45, 7) is 0.528. The Morgan fingerprint density at radius 2 is 1.56 bits per heavy atom. The molecular formula is C32H35F3O3S. The monoisotopic (exact) mass is 556 g/mol. The van der Waals surface area contributed by atoms with E-state index in [1.54, 1.807) is 6.07 Å². The Kier molecular flexibility index (Phi) is 10.3. The van der Waals surface area contributed by atoms with Gasteiger partial charge in [-0.25, -0.2) is 0 Å². The van der Waals surface area contributed by atoms with E-state index in [0.717, 1.165) is 54.5 Å². The molecule has 0 aromatic heterocycles.